The van der Waals surface area contributed by atoms with E-state index in [1.54, 1.807) is 10.9 Å². The molecule has 28 heavy (non-hydrogen) atoms. The lowest BCUT2D eigenvalue weighted by molar-refractivity contribution is -0.137. The van der Waals surface area contributed by atoms with Crippen molar-refractivity contribution in [1.29, 1.82) is 0 Å². The molecular formula is C19H17F3N4OS. The van der Waals surface area contributed by atoms with E-state index in [0.29, 0.717) is 5.16 Å². The van der Waals surface area contributed by atoms with E-state index in [0.717, 1.165) is 41.6 Å². The number of carbonyl (C=O) groups excluding carboxylic acids is 1. The van der Waals surface area contributed by atoms with Crippen LogP contribution >= 0.6 is 11.8 Å². The van der Waals surface area contributed by atoms with Crippen LogP contribution in [0.2, 0.25) is 0 Å². The number of hydrogen-bond donors (Lipinski definition) is 1. The van der Waals surface area contributed by atoms with Gasteiger partial charge >= 0.3 is 6.18 Å². The number of nitrogens with zero attached hydrogens (tertiary/aromatic N) is 3. The number of anilines is 1. The van der Waals surface area contributed by atoms with Crippen LogP contribution in [-0.4, -0.2) is 26.4 Å². The number of aryl methyl sites for hydroxylation is 1. The third kappa shape index (κ3) is 4.72. The summed E-state index contributed by atoms with van der Waals surface area (Å²) in [5.74, 6) is -0.439. The molecule has 2 aromatic carbocycles. The van der Waals surface area contributed by atoms with E-state index < -0.39 is 17.6 Å². The maximum Gasteiger partial charge on any atom is 0.416 e. The van der Waals surface area contributed by atoms with Crippen molar-refractivity contribution < 1.29 is 18.0 Å². The second kappa shape index (κ2) is 8.47. The highest BCUT2D eigenvalue weighted by atomic mass is 32.2. The van der Waals surface area contributed by atoms with Crippen LogP contribution in [0.5, 0.6) is 0 Å². The van der Waals surface area contributed by atoms with Crippen molar-refractivity contribution in [3.05, 3.63) is 66.0 Å². The topological polar surface area (TPSA) is 59.8 Å². The number of benzene rings is 2. The van der Waals surface area contributed by atoms with Crippen LogP contribution in [0.4, 0.5) is 18.9 Å². The summed E-state index contributed by atoms with van der Waals surface area (Å²) in [6, 6.07) is 12.3. The lowest BCUT2D eigenvalue weighted by Gasteiger charge is -2.11. The van der Waals surface area contributed by atoms with Crippen molar-refractivity contribution in [2.24, 2.45) is 0 Å². The molecular weight excluding hydrogens is 389 g/mol. The lowest BCUT2D eigenvalue weighted by atomic mass is 10.1. The molecule has 1 aromatic heterocycles. The summed E-state index contributed by atoms with van der Waals surface area (Å²) in [5, 5.41) is 11.0. The van der Waals surface area contributed by atoms with Gasteiger partial charge in [0.1, 0.15) is 6.33 Å². The highest BCUT2D eigenvalue weighted by molar-refractivity contribution is 7.99. The van der Waals surface area contributed by atoms with Crippen LogP contribution in [0, 0.1) is 0 Å². The summed E-state index contributed by atoms with van der Waals surface area (Å²) < 4.78 is 40.1. The first-order valence-electron chi connectivity index (χ1n) is 8.46. The van der Waals surface area contributed by atoms with E-state index in [1.165, 1.54) is 12.1 Å². The van der Waals surface area contributed by atoms with Crippen molar-refractivity contribution in [3.8, 4) is 5.69 Å². The average Bonchev–Trinajstić information content (AvgIpc) is 3.14. The van der Waals surface area contributed by atoms with Gasteiger partial charge in [-0.25, -0.2) is 0 Å². The van der Waals surface area contributed by atoms with Crippen LogP contribution in [0.25, 0.3) is 5.69 Å². The number of nitrogens with one attached hydrogen (secondary N) is 1. The summed E-state index contributed by atoms with van der Waals surface area (Å²) in [5.41, 5.74) is 1.32. The molecule has 3 aromatic rings. The largest absolute Gasteiger partial charge is 0.416 e. The van der Waals surface area contributed by atoms with Gasteiger partial charge < -0.3 is 5.32 Å². The molecule has 146 valence electrons. The first kappa shape index (κ1) is 19.9. The predicted molar refractivity (Wildman–Crippen MR) is 102 cm³/mol. The number of hydrogen-bond acceptors (Lipinski definition) is 4. The second-order valence-corrected chi connectivity index (χ2v) is 6.82. The summed E-state index contributed by atoms with van der Waals surface area (Å²) in [6.07, 6.45) is -2.06. The molecule has 5 nitrogen and oxygen atoms in total. The molecule has 1 amide bonds. The Hall–Kier alpha value is -2.81. The van der Waals surface area contributed by atoms with Crippen LogP contribution in [0.1, 0.15) is 18.1 Å². The maximum absolute atomic E-state index is 12.8. The number of para-hydroxylation sites is 1. The van der Waals surface area contributed by atoms with Crippen LogP contribution in [-0.2, 0) is 17.4 Å². The summed E-state index contributed by atoms with van der Waals surface area (Å²) in [6.45, 7) is 2.04. The molecule has 0 aliphatic rings. The Kier molecular flexibility index (Phi) is 6.03. The summed E-state index contributed by atoms with van der Waals surface area (Å²) in [4.78, 5) is 12.2. The predicted octanol–water partition coefficient (Wildman–Crippen LogP) is 4.58. The van der Waals surface area contributed by atoms with Gasteiger partial charge in [0.2, 0.25) is 5.91 Å². The highest BCUT2D eigenvalue weighted by Crippen LogP contribution is 2.30. The molecule has 3 rings (SSSR count). The van der Waals surface area contributed by atoms with Gasteiger partial charge in [0.15, 0.2) is 5.16 Å². The van der Waals surface area contributed by atoms with E-state index in [1.807, 2.05) is 31.2 Å². The zero-order valence-electron chi connectivity index (χ0n) is 14.9. The fourth-order valence-electron chi connectivity index (χ4n) is 2.63. The van der Waals surface area contributed by atoms with Crippen molar-refractivity contribution in [2.75, 3.05) is 11.1 Å². The first-order valence-corrected chi connectivity index (χ1v) is 9.45. The minimum absolute atomic E-state index is 0.0107. The Balaban J connectivity index is 1.67. The summed E-state index contributed by atoms with van der Waals surface area (Å²) in [7, 11) is 0. The Bertz CT molecular complexity index is 972. The first-order chi connectivity index (χ1) is 13.4. The minimum Gasteiger partial charge on any atom is -0.325 e. The Morgan fingerprint density at radius 1 is 1.18 bits per heavy atom. The average molecular weight is 406 g/mol. The van der Waals surface area contributed by atoms with Crippen LogP contribution in [0.3, 0.4) is 0 Å². The fourth-order valence-corrected chi connectivity index (χ4v) is 3.36. The number of carbonyl (C=O) groups is 1. The van der Waals surface area contributed by atoms with E-state index in [9.17, 15) is 18.0 Å². The normalized spacial score (nSPS) is 11.4. The molecule has 0 bridgehead atoms. The van der Waals surface area contributed by atoms with Crippen molar-refractivity contribution >= 4 is 23.4 Å². The number of rotatable bonds is 6. The fraction of sp³-hybridized carbons (Fsp3) is 0.211. The van der Waals surface area contributed by atoms with Gasteiger partial charge in [-0.1, -0.05) is 43.0 Å². The number of halogens is 3. The van der Waals surface area contributed by atoms with Gasteiger partial charge in [-0.15, -0.1) is 10.2 Å². The van der Waals surface area contributed by atoms with E-state index in [2.05, 4.69) is 15.5 Å². The number of thioether (sulfide) groups is 1. The van der Waals surface area contributed by atoms with E-state index >= 15 is 0 Å². The quantitative estimate of drug-likeness (QED) is 0.609. The molecule has 0 atom stereocenters. The van der Waals surface area contributed by atoms with Crippen molar-refractivity contribution in [3.63, 3.8) is 0 Å². The molecule has 9 heteroatoms. The lowest BCUT2D eigenvalue weighted by Crippen LogP contribution is -2.15. The monoisotopic (exact) mass is 406 g/mol. The molecule has 0 aliphatic carbocycles. The van der Waals surface area contributed by atoms with E-state index in [4.69, 9.17) is 0 Å². The van der Waals surface area contributed by atoms with Gasteiger partial charge in [0.05, 0.1) is 17.0 Å². The van der Waals surface area contributed by atoms with E-state index in [-0.39, 0.29) is 11.4 Å². The molecule has 0 aliphatic heterocycles. The minimum atomic E-state index is -4.46. The number of amides is 1. The Morgan fingerprint density at radius 3 is 2.71 bits per heavy atom. The molecule has 1 N–H and O–H groups in total. The molecule has 1 heterocycles. The molecule has 0 spiro atoms. The number of aromatic nitrogens is 3. The third-order valence-corrected chi connectivity index (χ3v) is 4.90. The maximum atomic E-state index is 12.8. The zero-order valence-corrected chi connectivity index (χ0v) is 15.7. The zero-order chi connectivity index (χ0) is 20.1. The standard InChI is InChI=1S/C19H17F3N4OS/c1-2-13-6-3-4-9-16(13)26-12-23-25-18(26)28-11-17(27)24-15-8-5-7-14(10-15)19(20,21)22/h3-10,12H,2,11H2,1H3,(H,24,27). The molecule has 0 fully saturated rings. The number of alkyl halides is 3. The smallest absolute Gasteiger partial charge is 0.325 e. The van der Waals surface area contributed by atoms with Gasteiger partial charge in [0, 0.05) is 5.69 Å². The van der Waals surface area contributed by atoms with Crippen molar-refractivity contribution in [2.45, 2.75) is 24.7 Å². The second-order valence-electron chi connectivity index (χ2n) is 5.88. The van der Waals surface area contributed by atoms with Gasteiger partial charge in [-0.05, 0) is 36.2 Å². The highest BCUT2D eigenvalue weighted by Gasteiger charge is 2.30. The molecule has 0 saturated carbocycles. The third-order valence-electron chi connectivity index (χ3n) is 3.95. The SMILES string of the molecule is CCc1ccccc1-n1cnnc1SCC(=O)Nc1cccc(C(F)(F)F)c1. The van der Waals surface area contributed by atoms with Gasteiger partial charge in [-0.2, -0.15) is 13.2 Å². The molecule has 0 saturated heterocycles. The Labute approximate surface area is 164 Å². The summed E-state index contributed by atoms with van der Waals surface area (Å²) >= 11 is 1.16. The van der Waals surface area contributed by atoms with Crippen molar-refractivity contribution in [1.82, 2.24) is 14.8 Å². The van der Waals surface area contributed by atoms with Crippen LogP contribution in [0.15, 0.2) is 60.0 Å². The van der Waals surface area contributed by atoms with Gasteiger partial charge in [0.25, 0.3) is 0 Å². The Morgan fingerprint density at radius 2 is 1.96 bits per heavy atom. The van der Waals surface area contributed by atoms with Gasteiger partial charge in [-0.3, -0.25) is 9.36 Å². The molecule has 0 unspecified atom stereocenters. The van der Waals surface area contributed by atoms with Crippen LogP contribution < -0.4 is 5.32 Å². The molecule has 0 radical (unpaired) electrons.